The third kappa shape index (κ3) is 5.16. The highest BCUT2D eigenvalue weighted by Gasteiger charge is 2.00. The minimum Gasteiger partial charge on any atom is -0.300 e. The number of carbonyl (C=O) groups excluding carboxylic acids is 1. The van der Waals surface area contributed by atoms with E-state index in [-0.39, 0.29) is 5.78 Å². The maximum Gasteiger partial charge on any atom is 0.130 e. The van der Waals surface area contributed by atoms with Crippen molar-refractivity contribution in [2.24, 2.45) is 4.99 Å². The lowest BCUT2D eigenvalue weighted by atomic mass is 10.3. The van der Waals surface area contributed by atoms with Gasteiger partial charge < -0.3 is 0 Å². The molecule has 0 amide bonds. The van der Waals surface area contributed by atoms with Gasteiger partial charge in [-0.25, -0.2) is 0 Å². The standard InChI is InChI=1S/C9H13NOS2/c1-8(11)5-7-12-13-9-4-2-3-6-10-9/h2,4H,3,5-7H2,1H3. The van der Waals surface area contributed by atoms with Crippen molar-refractivity contribution in [2.45, 2.75) is 19.8 Å². The molecule has 4 heteroatoms. The van der Waals surface area contributed by atoms with Crippen molar-refractivity contribution in [2.75, 3.05) is 12.3 Å². The Morgan fingerprint density at radius 3 is 3.15 bits per heavy atom. The Morgan fingerprint density at radius 1 is 1.69 bits per heavy atom. The summed E-state index contributed by atoms with van der Waals surface area (Å²) >= 11 is 0. The lowest BCUT2D eigenvalue weighted by Gasteiger charge is -2.03. The zero-order chi connectivity index (χ0) is 9.52. The van der Waals surface area contributed by atoms with Crippen molar-refractivity contribution in [3.8, 4) is 0 Å². The maximum absolute atomic E-state index is 10.6. The molecular formula is C9H13NOS2. The molecule has 0 N–H and O–H groups in total. The van der Waals surface area contributed by atoms with E-state index in [1.54, 1.807) is 28.5 Å². The Labute approximate surface area is 86.7 Å². The Hall–Kier alpha value is -0.220. The van der Waals surface area contributed by atoms with Crippen LogP contribution in [-0.4, -0.2) is 23.1 Å². The van der Waals surface area contributed by atoms with E-state index in [9.17, 15) is 4.79 Å². The average molecular weight is 215 g/mol. The summed E-state index contributed by atoms with van der Waals surface area (Å²) in [7, 11) is 3.37. The quantitative estimate of drug-likeness (QED) is 0.533. The van der Waals surface area contributed by atoms with E-state index in [1.165, 1.54) is 0 Å². The molecule has 0 radical (unpaired) electrons. The monoisotopic (exact) mass is 215 g/mol. The number of carbonyl (C=O) groups is 1. The van der Waals surface area contributed by atoms with Crippen LogP contribution in [0.25, 0.3) is 0 Å². The van der Waals surface area contributed by atoms with E-state index in [2.05, 4.69) is 17.1 Å². The zero-order valence-corrected chi connectivity index (χ0v) is 9.29. The first kappa shape index (κ1) is 10.9. The number of ketones is 1. The minimum absolute atomic E-state index is 0.259. The summed E-state index contributed by atoms with van der Waals surface area (Å²) in [6.07, 6.45) is 5.91. The largest absolute Gasteiger partial charge is 0.300 e. The Balaban J connectivity index is 2.08. The van der Waals surface area contributed by atoms with Crippen LogP contribution in [0.15, 0.2) is 17.1 Å². The molecule has 1 rings (SSSR count). The van der Waals surface area contributed by atoms with Crippen LogP contribution in [0.4, 0.5) is 0 Å². The fourth-order valence-electron chi connectivity index (χ4n) is 0.828. The molecule has 1 aliphatic heterocycles. The van der Waals surface area contributed by atoms with E-state index in [1.807, 2.05) is 0 Å². The first-order valence-electron chi connectivity index (χ1n) is 4.29. The lowest BCUT2D eigenvalue weighted by molar-refractivity contribution is -0.116. The molecule has 2 nitrogen and oxygen atoms in total. The van der Waals surface area contributed by atoms with Gasteiger partial charge >= 0.3 is 0 Å². The third-order valence-corrected chi connectivity index (χ3v) is 3.80. The second-order valence-corrected chi connectivity index (χ2v) is 5.20. The van der Waals surface area contributed by atoms with E-state index >= 15 is 0 Å². The molecule has 0 spiro atoms. The van der Waals surface area contributed by atoms with Crippen molar-refractivity contribution in [1.29, 1.82) is 0 Å². The number of rotatable bonds is 4. The smallest absolute Gasteiger partial charge is 0.130 e. The fourth-order valence-corrected chi connectivity index (χ4v) is 2.89. The van der Waals surface area contributed by atoms with Crippen LogP contribution in [0.3, 0.4) is 0 Å². The van der Waals surface area contributed by atoms with Gasteiger partial charge in [0.05, 0.1) is 0 Å². The van der Waals surface area contributed by atoms with Gasteiger partial charge in [0.1, 0.15) is 10.8 Å². The second kappa shape index (κ2) is 6.27. The van der Waals surface area contributed by atoms with E-state index < -0.39 is 0 Å². The molecule has 72 valence electrons. The van der Waals surface area contributed by atoms with Gasteiger partial charge in [0.2, 0.25) is 0 Å². The van der Waals surface area contributed by atoms with Gasteiger partial charge in [-0.1, -0.05) is 16.9 Å². The number of aliphatic imine (C=N–C) groups is 1. The number of hydrogen-bond donors (Lipinski definition) is 0. The number of dihydropyridines is 1. The summed E-state index contributed by atoms with van der Waals surface area (Å²) in [6.45, 7) is 2.54. The normalized spacial score (nSPS) is 15.6. The predicted octanol–water partition coefficient (Wildman–Crippen LogP) is 2.71. The summed E-state index contributed by atoms with van der Waals surface area (Å²) in [5, 5.41) is 1.08. The molecule has 0 aromatic rings. The van der Waals surface area contributed by atoms with Gasteiger partial charge in [0, 0.05) is 18.7 Å². The van der Waals surface area contributed by atoms with E-state index in [0.717, 1.165) is 23.8 Å². The van der Waals surface area contributed by atoms with Gasteiger partial charge in [0.25, 0.3) is 0 Å². The zero-order valence-electron chi connectivity index (χ0n) is 7.66. The van der Waals surface area contributed by atoms with Crippen LogP contribution in [0, 0.1) is 0 Å². The van der Waals surface area contributed by atoms with Gasteiger partial charge in [-0.05, 0) is 30.2 Å². The highest BCUT2D eigenvalue weighted by atomic mass is 33.1. The first-order chi connectivity index (χ1) is 6.29. The highest BCUT2D eigenvalue weighted by Crippen LogP contribution is 2.25. The Kier molecular flexibility index (Phi) is 5.23. The van der Waals surface area contributed by atoms with Gasteiger partial charge in [0.15, 0.2) is 0 Å². The lowest BCUT2D eigenvalue weighted by Crippen LogP contribution is -1.95. The van der Waals surface area contributed by atoms with Crippen LogP contribution in [0.5, 0.6) is 0 Å². The topological polar surface area (TPSA) is 29.4 Å². The predicted molar refractivity (Wildman–Crippen MR) is 61.4 cm³/mol. The van der Waals surface area contributed by atoms with Crippen LogP contribution >= 0.6 is 21.6 Å². The molecular weight excluding hydrogens is 202 g/mol. The summed E-state index contributed by atoms with van der Waals surface area (Å²) < 4.78 is 0. The molecule has 0 fully saturated rings. The minimum atomic E-state index is 0.259. The third-order valence-electron chi connectivity index (χ3n) is 1.51. The summed E-state index contributed by atoms with van der Waals surface area (Å²) in [4.78, 5) is 15.0. The van der Waals surface area contributed by atoms with Crippen molar-refractivity contribution in [3.63, 3.8) is 0 Å². The molecule has 0 aromatic carbocycles. The molecule has 0 saturated heterocycles. The van der Waals surface area contributed by atoms with Crippen LogP contribution < -0.4 is 0 Å². The Bertz CT molecular complexity index is 236. The molecule has 0 atom stereocenters. The summed E-state index contributed by atoms with van der Waals surface area (Å²) in [5.41, 5.74) is 0. The highest BCUT2D eigenvalue weighted by molar-refractivity contribution is 8.82. The van der Waals surface area contributed by atoms with Crippen molar-refractivity contribution in [1.82, 2.24) is 0 Å². The van der Waals surface area contributed by atoms with Gasteiger partial charge in [-0.3, -0.25) is 9.79 Å². The van der Waals surface area contributed by atoms with E-state index in [4.69, 9.17) is 0 Å². The van der Waals surface area contributed by atoms with Crippen molar-refractivity contribution in [3.05, 3.63) is 12.2 Å². The molecule has 1 aliphatic rings. The van der Waals surface area contributed by atoms with Crippen LogP contribution in [0.2, 0.25) is 0 Å². The Morgan fingerprint density at radius 2 is 2.54 bits per heavy atom. The number of Topliss-reactive ketones (excluding diaryl/α,β-unsaturated/α-hetero) is 1. The number of nitrogens with zero attached hydrogens (tertiary/aromatic N) is 1. The first-order valence-corrected chi connectivity index (χ1v) is 6.61. The maximum atomic E-state index is 10.6. The second-order valence-electron chi connectivity index (χ2n) is 2.77. The molecule has 0 saturated carbocycles. The van der Waals surface area contributed by atoms with Crippen LogP contribution in [0.1, 0.15) is 19.8 Å². The fraction of sp³-hybridized carbons (Fsp3) is 0.556. The summed E-state index contributed by atoms with van der Waals surface area (Å²) in [6, 6.07) is 0. The van der Waals surface area contributed by atoms with Gasteiger partial charge in [-0.15, -0.1) is 0 Å². The number of hydrogen-bond acceptors (Lipinski definition) is 4. The van der Waals surface area contributed by atoms with Crippen LogP contribution in [-0.2, 0) is 4.79 Å². The SMILES string of the molecule is CC(=O)CCSSC1=NCCC=C1. The summed E-state index contributed by atoms with van der Waals surface area (Å²) in [5.74, 6) is 1.14. The van der Waals surface area contributed by atoms with E-state index in [0.29, 0.717) is 6.42 Å². The van der Waals surface area contributed by atoms with Crippen molar-refractivity contribution < 1.29 is 4.79 Å². The molecule has 13 heavy (non-hydrogen) atoms. The van der Waals surface area contributed by atoms with Gasteiger partial charge in [-0.2, -0.15) is 0 Å². The average Bonchev–Trinajstić information content (AvgIpc) is 2.14. The molecule has 0 aromatic heterocycles. The molecule has 0 aliphatic carbocycles. The molecule has 0 bridgehead atoms. The molecule has 0 unspecified atom stereocenters. The van der Waals surface area contributed by atoms with Crippen molar-refractivity contribution >= 4 is 32.4 Å². The molecule has 1 heterocycles.